The first-order valence-electron chi connectivity index (χ1n) is 31.4. The number of carbonyl (C=O) groups excluding carboxylic acids is 2. The van der Waals surface area contributed by atoms with E-state index in [1.165, 1.54) is 28.8 Å². The van der Waals surface area contributed by atoms with Gasteiger partial charge in [0.15, 0.2) is 11.6 Å². The maximum atomic E-state index is 12.6. The van der Waals surface area contributed by atoms with E-state index >= 15 is 0 Å². The molecule has 26 heteroatoms. The third-order valence-corrected chi connectivity index (χ3v) is 18.5. The Morgan fingerprint density at radius 2 is 0.883 bits per heavy atom. The van der Waals surface area contributed by atoms with Crippen molar-refractivity contribution in [2.45, 2.75) is 97.8 Å². The van der Waals surface area contributed by atoms with Gasteiger partial charge in [-0.15, -0.1) is 8.80 Å². The molecule has 0 bridgehead atoms. The highest BCUT2D eigenvalue weighted by molar-refractivity contribution is 15.0. The lowest BCUT2D eigenvalue weighted by Crippen LogP contribution is -2.32. The first-order valence-corrected chi connectivity index (χ1v) is 41.4. The van der Waals surface area contributed by atoms with Crippen LogP contribution in [0.1, 0.15) is 79.6 Å². The number of nitrogens with two attached hydrogens (primary N) is 1. The Labute approximate surface area is 636 Å². The van der Waals surface area contributed by atoms with E-state index in [-0.39, 0.29) is 55.1 Å². The number of fused-ring (bicyclic) bond motifs is 2. The van der Waals surface area contributed by atoms with Crippen molar-refractivity contribution in [1.82, 2.24) is 19.9 Å². The first-order chi connectivity index (χ1) is 48.7. The fourth-order valence-corrected chi connectivity index (χ4v) is 12.8. The van der Waals surface area contributed by atoms with Crippen LogP contribution in [0.15, 0.2) is 242 Å². The zero-order chi connectivity index (χ0) is 73.3. The number of nitriles is 2. The number of aryl methyl sites for hydroxylation is 5. The molecule has 0 spiro atoms. The third kappa shape index (κ3) is 25.6. The van der Waals surface area contributed by atoms with Crippen LogP contribution in [0.3, 0.4) is 0 Å². The van der Waals surface area contributed by atoms with Gasteiger partial charge in [0.25, 0.3) is 20.0 Å². The van der Waals surface area contributed by atoms with E-state index in [2.05, 4.69) is 141 Å². The Morgan fingerprint density at radius 1 is 0.515 bits per heavy atom. The van der Waals surface area contributed by atoms with Gasteiger partial charge in [0.1, 0.15) is 9.79 Å². The molecular formula is C77H81BBrI2N11O9S2. The number of esters is 1. The van der Waals surface area contributed by atoms with E-state index in [0.29, 0.717) is 54.8 Å². The molecule has 103 heavy (non-hydrogen) atoms. The molecule has 6 heterocycles. The predicted octanol–water partition coefficient (Wildman–Crippen LogP) is 15.2. The maximum absolute atomic E-state index is 12.6. The Bertz CT molecular complexity index is 4850. The number of halogens is 3. The van der Waals surface area contributed by atoms with Gasteiger partial charge in [-0.3, -0.25) is 24.7 Å². The zero-order valence-electron chi connectivity index (χ0n) is 55.9. The standard InChI is InChI=1S/C23H21N3O3S.C14H16N2.C14H12N2.C10H10N2O4S.C8H6BrN.C6H8BNO2.2CH4.I2/c1-16-18(11-7-15-24-16)19-10-3-2-8-17(19)9-6-13-21(27)23-25-20-12-4-5-14-22(20)30(28,29)26-23;2*1-11-13(7-4-10-16-11)14-6-3-2-5-12(14)8-9-15;1-2-16-10(13)9-11-7-5-3-4-6-8(7)17(14,15)12-9;9-8-4-2-1-3-7(8)5-6-10;1-5-6(7(9)10)3-2-4-8-5;;;1-2/h2-5,7-8,10-12,14-15H,6,9,13H2,1H3,(H,25,26);2-7,10H,8-9,15H2,1H3;2-7,10H,8H2,1H3;3-6H,2H2,1H3,(H,11,12);1-4H,5H2;2-4,9-10H,1H3;2*1H4;. The van der Waals surface area contributed by atoms with Crippen molar-refractivity contribution in [3.05, 3.63) is 268 Å². The number of ether oxygens (including phenoxy) is 1. The number of anilines is 2. The summed E-state index contributed by atoms with van der Waals surface area (Å²) in [6.45, 7) is 10.2. The van der Waals surface area contributed by atoms with Crippen LogP contribution in [0.25, 0.3) is 33.4 Å². The van der Waals surface area contributed by atoms with E-state index < -0.39 is 33.1 Å². The number of sulfonamides is 2. The fraction of sp³-hybridized carbons (Fsp3) is 0.195. The van der Waals surface area contributed by atoms with Crippen LogP contribution in [-0.2, 0) is 60.1 Å². The van der Waals surface area contributed by atoms with Crippen molar-refractivity contribution in [2.75, 3.05) is 23.8 Å². The molecule has 0 fully saturated rings. The molecule has 12 rings (SSSR count). The van der Waals surface area contributed by atoms with Crippen LogP contribution in [0.4, 0.5) is 11.4 Å². The van der Waals surface area contributed by atoms with Crippen molar-refractivity contribution in [1.29, 1.82) is 10.5 Å². The average molecular weight is 1710 g/mol. The molecule has 534 valence electrons. The Hall–Kier alpha value is -9.24. The zero-order valence-corrected chi connectivity index (χ0v) is 63.4. The molecule has 0 saturated carbocycles. The maximum Gasteiger partial charge on any atom is 0.490 e. The van der Waals surface area contributed by atoms with Gasteiger partial charge < -0.3 is 31.2 Å². The van der Waals surface area contributed by atoms with E-state index in [9.17, 15) is 26.4 Å². The summed E-state index contributed by atoms with van der Waals surface area (Å²) < 4.78 is 60.9. The lowest BCUT2D eigenvalue weighted by Gasteiger charge is -2.17. The molecule has 2 aliphatic heterocycles. The highest BCUT2D eigenvalue weighted by Gasteiger charge is 2.29. The number of aromatic nitrogens is 4. The number of para-hydroxylation sites is 2. The highest BCUT2D eigenvalue weighted by atomic mass is 128. The predicted molar refractivity (Wildman–Crippen MR) is 433 cm³/mol. The van der Waals surface area contributed by atoms with Gasteiger partial charge in [0, 0.05) is 118 Å². The van der Waals surface area contributed by atoms with Crippen molar-refractivity contribution >= 4 is 121 Å². The van der Waals surface area contributed by atoms with Crippen LogP contribution < -0.4 is 21.8 Å². The highest BCUT2D eigenvalue weighted by Crippen LogP contribution is 2.31. The van der Waals surface area contributed by atoms with Crippen LogP contribution >= 0.6 is 53.2 Å². The number of hydrogen-bond acceptors (Lipinski definition) is 18. The summed E-state index contributed by atoms with van der Waals surface area (Å²) in [5.41, 5.74) is 21.8. The smallest absolute Gasteiger partial charge is 0.460 e. The molecule has 2 aliphatic rings. The minimum atomic E-state index is -3.86. The molecule has 0 amide bonds. The summed E-state index contributed by atoms with van der Waals surface area (Å²) in [6.07, 6.45) is 10.3. The number of pyridine rings is 4. The Morgan fingerprint density at radius 3 is 1.31 bits per heavy atom. The Kier molecular flexibility index (Phi) is 37.1. The molecule has 4 aromatic heterocycles. The molecular weight excluding hydrogens is 1630 g/mol. The second kappa shape index (κ2) is 44.3. The summed E-state index contributed by atoms with van der Waals surface area (Å²) in [5, 5.41) is 40.1. The molecule has 0 radical (unpaired) electrons. The van der Waals surface area contributed by atoms with Gasteiger partial charge in [0.2, 0.25) is 5.84 Å². The summed E-state index contributed by atoms with van der Waals surface area (Å²) in [4.78, 5) is 41.0. The second-order valence-corrected chi connectivity index (χ2v) is 25.8. The van der Waals surface area contributed by atoms with Gasteiger partial charge in [-0.25, -0.2) is 4.79 Å². The van der Waals surface area contributed by atoms with Crippen LogP contribution in [0.5, 0.6) is 0 Å². The molecule has 0 saturated heterocycles. The number of Topliss-reactive ketones (excluding diaryl/α,β-unsaturated/α-hetero) is 1. The van der Waals surface area contributed by atoms with Crippen LogP contribution in [0, 0.1) is 50.4 Å². The molecule has 6 N–H and O–H groups in total. The lowest BCUT2D eigenvalue weighted by molar-refractivity contribution is -0.135. The van der Waals surface area contributed by atoms with E-state index in [4.69, 9.17) is 31.0 Å². The molecule has 0 unspecified atom stereocenters. The summed E-state index contributed by atoms with van der Waals surface area (Å²) in [6, 6.07) is 64.4. The van der Waals surface area contributed by atoms with Gasteiger partial charge in [0.05, 0.1) is 43.0 Å². The minimum absolute atomic E-state index is 0. The average Bonchev–Trinajstić information content (AvgIpc) is 0.788. The van der Waals surface area contributed by atoms with Crippen molar-refractivity contribution in [3.63, 3.8) is 0 Å². The van der Waals surface area contributed by atoms with Gasteiger partial charge in [-0.05, 0) is 154 Å². The van der Waals surface area contributed by atoms with E-state index in [1.807, 2.05) is 124 Å². The number of benzene rings is 6. The number of rotatable bonds is 15. The molecule has 6 aromatic carbocycles. The molecule has 0 atom stereocenters. The van der Waals surface area contributed by atoms with Gasteiger partial charge in [-0.2, -0.15) is 27.4 Å². The van der Waals surface area contributed by atoms with Crippen molar-refractivity contribution < 1.29 is 41.2 Å². The Balaban J connectivity index is 0.000000271. The van der Waals surface area contributed by atoms with Gasteiger partial charge >= 0.3 is 13.1 Å². The van der Waals surface area contributed by atoms with Crippen molar-refractivity contribution in [3.8, 4) is 45.5 Å². The molecule has 0 aliphatic carbocycles. The van der Waals surface area contributed by atoms with Gasteiger partial charge in [-0.1, -0.05) is 170 Å². The van der Waals surface area contributed by atoms with Crippen molar-refractivity contribution in [2.24, 2.45) is 14.5 Å². The van der Waals surface area contributed by atoms with Crippen LogP contribution in [-0.4, -0.2) is 90.5 Å². The number of nitrogens with one attached hydrogen (secondary N) is 2. The number of carbonyl (C=O) groups is 2. The second-order valence-electron chi connectivity index (χ2n) is 21.8. The monoisotopic (exact) mass is 1710 g/mol. The quantitative estimate of drug-likeness (QED) is 0.0362. The normalized spacial score (nSPS) is 11.9. The summed E-state index contributed by atoms with van der Waals surface area (Å²) in [7, 11) is -9.10. The number of ketones is 1. The largest absolute Gasteiger partial charge is 0.490 e. The number of hydrogen-bond donors (Lipinski definition) is 5. The first kappa shape index (κ1) is 86.2. The topological polar surface area (TPSA) is 326 Å². The third-order valence-electron chi connectivity index (χ3n) is 15.0. The molecule has 10 aromatic rings. The summed E-state index contributed by atoms with van der Waals surface area (Å²) in [5.74, 6) is -1.54. The molecule has 20 nitrogen and oxygen atoms in total. The number of amidine groups is 2. The summed E-state index contributed by atoms with van der Waals surface area (Å²) >= 11 is 7.59. The van der Waals surface area contributed by atoms with E-state index in [1.54, 1.807) is 81.0 Å². The van der Waals surface area contributed by atoms with Crippen LogP contribution in [0.2, 0.25) is 0 Å². The minimum Gasteiger partial charge on any atom is -0.460 e. The number of nitrogens with zero attached hydrogens (tertiary/aromatic N) is 8. The fourth-order valence-electron chi connectivity index (χ4n) is 10.2. The SMILES string of the molecule is C.C.CCOC(=O)C1=NS(=O)(=O)c2ccccc2N1.Cc1ncccc1-c1ccccc1CC#N.Cc1ncccc1-c1ccccc1CCCC(=O)C1=NS(=O)(=O)c2ccccc2N1.Cc1ncccc1-c1ccccc1CCN.Cc1ncccc1B(O)O.II.N#CCc1ccccc1Br. The lowest BCUT2D eigenvalue weighted by atomic mass is 9.79. The van der Waals surface area contributed by atoms with E-state index in [0.717, 1.165) is 66.9 Å².